The second-order valence-corrected chi connectivity index (χ2v) is 6.13. The van der Waals surface area contributed by atoms with Crippen molar-refractivity contribution >= 4 is 39.7 Å². The van der Waals surface area contributed by atoms with Gasteiger partial charge in [0.15, 0.2) is 10.8 Å². The Hall–Kier alpha value is -2.96. The van der Waals surface area contributed by atoms with Crippen molar-refractivity contribution in [3.05, 3.63) is 32.8 Å². The lowest BCUT2D eigenvalue weighted by Crippen LogP contribution is -2.22. The largest absolute Gasteiger partial charge is 0.435 e. The molecule has 0 radical (unpaired) electrons. The summed E-state index contributed by atoms with van der Waals surface area (Å²) >= 11 is 0.599. The number of nitrogens with one attached hydrogen (secondary N) is 1. The Bertz CT molecular complexity index is 866. The third kappa shape index (κ3) is 4.42. The minimum absolute atomic E-state index is 0.0636. The van der Waals surface area contributed by atoms with Crippen molar-refractivity contribution in [2.75, 3.05) is 29.0 Å². The van der Waals surface area contributed by atoms with Crippen LogP contribution < -0.4 is 16.0 Å². The molecule has 0 aliphatic rings. The summed E-state index contributed by atoms with van der Waals surface area (Å²) in [7, 11) is 0. The van der Waals surface area contributed by atoms with Crippen LogP contribution in [0.25, 0.3) is 0 Å². The molecule has 9 nitrogen and oxygen atoms in total. The summed E-state index contributed by atoms with van der Waals surface area (Å²) in [5.41, 5.74) is 3.63. The summed E-state index contributed by atoms with van der Waals surface area (Å²) in [4.78, 5) is 30.4. The first-order valence-corrected chi connectivity index (χ1v) is 8.45. The highest BCUT2D eigenvalue weighted by Gasteiger charge is 2.40. The summed E-state index contributed by atoms with van der Waals surface area (Å²) < 4.78 is 39.8. The Kier molecular flexibility index (Phi) is 5.83. The van der Waals surface area contributed by atoms with Gasteiger partial charge in [0.1, 0.15) is 10.7 Å². The number of hydrogen-bond donors (Lipinski definition) is 2. The van der Waals surface area contributed by atoms with Gasteiger partial charge in [0.25, 0.3) is 5.91 Å². The number of rotatable bonds is 6. The van der Waals surface area contributed by atoms with E-state index in [1.54, 1.807) is 18.7 Å². The van der Waals surface area contributed by atoms with Crippen molar-refractivity contribution in [1.82, 2.24) is 9.97 Å². The maximum atomic E-state index is 13.3. The number of nitro groups is 1. The number of carbonyl (C=O) groups is 1. The molecular weight excluding hydrogens is 389 g/mol. The minimum atomic E-state index is -4.82. The van der Waals surface area contributed by atoms with Gasteiger partial charge in [-0.05, 0) is 19.9 Å². The summed E-state index contributed by atoms with van der Waals surface area (Å²) in [5.74, 6) is -1.77. The van der Waals surface area contributed by atoms with Crippen LogP contribution in [0.15, 0.2) is 12.1 Å². The molecule has 0 saturated carbocycles. The van der Waals surface area contributed by atoms with Crippen LogP contribution in [0.5, 0.6) is 0 Å². The standard InChI is InChI=1S/C14H15F3N6O3S/c1-3-22(4-2)13-21-10(14(15,16)17)9(27-13)12(24)20-8-6-5-7(23(25)26)11(18)19-8/h5-6H,3-4H2,1-2H3,(H3,18,19,20,24). The molecule has 3 N–H and O–H groups in total. The summed E-state index contributed by atoms with van der Waals surface area (Å²) in [6.07, 6.45) is -4.82. The molecular formula is C14H15F3N6O3S. The summed E-state index contributed by atoms with van der Waals surface area (Å²) in [5, 5.41) is 12.9. The first-order chi connectivity index (χ1) is 12.6. The van der Waals surface area contributed by atoms with E-state index in [0.717, 1.165) is 12.1 Å². The zero-order valence-electron chi connectivity index (χ0n) is 14.2. The molecule has 0 aliphatic heterocycles. The van der Waals surface area contributed by atoms with Gasteiger partial charge in [-0.15, -0.1) is 0 Å². The van der Waals surface area contributed by atoms with Crippen LogP contribution in [0.3, 0.4) is 0 Å². The van der Waals surface area contributed by atoms with Crippen LogP contribution in [0, 0.1) is 10.1 Å². The Morgan fingerprint density at radius 1 is 1.33 bits per heavy atom. The lowest BCUT2D eigenvalue weighted by molar-refractivity contribution is -0.384. The molecule has 146 valence electrons. The average molecular weight is 404 g/mol. The van der Waals surface area contributed by atoms with Crippen molar-refractivity contribution in [3.63, 3.8) is 0 Å². The van der Waals surface area contributed by atoms with Gasteiger partial charge >= 0.3 is 11.9 Å². The number of anilines is 3. The Morgan fingerprint density at radius 3 is 2.44 bits per heavy atom. The van der Waals surface area contributed by atoms with Gasteiger partial charge < -0.3 is 16.0 Å². The lowest BCUT2D eigenvalue weighted by atomic mass is 10.3. The normalized spacial score (nSPS) is 11.3. The van der Waals surface area contributed by atoms with Crippen LogP contribution in [-0.4, -0.2) is 33.9 Å². The van der Waals surface area contributed by atoms with E-state index >= 15 is 0 Å². The number of alkyl halides is 3. The van der Waals surface area contributed by atoms with Crippen molar-refractivity contribution in [2.24, 2.45) is 0 Å². The van der Waals surface area contributed by atoms with Crippen LogP contribution in [-0.2, 0) is 6.18 Å². The van der Waals surface area contributed by atoms with E-state index in [-0.39, 0.29) is 10.9 Å². The Balaban J connectivity index is 2.37. The number of nitrogens with zero attached hydrogens (tertiary/aromatic N) is 4. The Labute approximate surface area is 155 Å². The average Bonchev–Trinajstić information content (AvgIpc) is 3.01. The van der Waals surface area contributed by atoms with Gasteiger partial charge in [0.05, 0.1) is 4.92 Å². The number of hydrogen-bond acceptors (Lipinski definition) is 8. The third-order valence-electron chi connectivity index (χ3n) is 3.47. The molecule has 2 aromatic rings. The number of amides is 1. The molecule has 0 unspecified atom stereocenters. The smallest absolute Gasteiger partial charge is 0.378 e. The molecule has 0 fully saturated rings. The predicted molar refractivity (Wildman–Crippen MR) is 93.9 cm³/mol. The number of halogens is 3. The predicted octanol–water partition coefficient (Wildman–Crippen LogP) is 3.15. The molecule has 2 aromatic heterocycles. The quantitative estimate of drug-likeness (QED) is 0.559. The van der Waals surface area contributed by atoms with Crippen LogP contribution >= 0.6 is 11.3 Å². The molecule has 2 rings (SSSR count). The van der Waals surface area contributed by atoms with Crippen LogP contribution in [0.2, 0.25) is 0 Å². The van der Waals surface area contributed by atoms with E-state index in [1.165, 1.54) is 0 Å². The van der Waals surface area contributed by atoms with E-state index in [2.05, 4.69) is 15.3 Å². The number of pyridine rings is 1. The first kappa shape index (κ1) is 20.4. The maximum absolute atomic E-state index is 13.3. The molecule has 2 heterocycles. The van der Waals surface area contributed by atoms with Gasteiger partial charge in [0, 0.05) is 19.2 Å². The first-order valence-electron chi connectivity index (χ1n) is 7.63. The molecule has 0 aromatic carbocycles. The molecule has 13 heteroatoms. The second-order valence-electron chi connectivity index (χ2n) is 5.16. The number of carbonyl (C=O) groups excluding carboxylic acids is 1. The van der Waals surface area contributed by atoms with E-state index in [1.807, 2.05) is 0 Å². The molecule has 0 spiro atoms. The SMILES string of the molecule is CCN(CC)c1nc(C(F)(F)F)c(C(=O)Nc2ccc([N+](=O)[O-])c(N)n2)s1. The maximum Gasteiger partial charge on any atom is 0.435 e. The topological polar surface area (TPSA) is 127 Å². The second kappa shape index (κ2) is 7.73. The van der Waals surface area contributed by atoms with Crippen LogP contribution in [0.4, 0.5) is 35.6 Å². The number of nitrogen functional groups attached to an aromatic ring is 1. The summed E-state index contributed by atoms with van der Waals surface area (Å²) in [6.45, 7) is 4.34. The zero-order valence-corrected chi connectivity index (χ0v) is 15.0. The zero-order chi connectivity index (χ0) is 20.4. The highest BCUT2D eigenvalue weighted by atomic mass is 32.1. The molecule has 0 atom stereocenters. The summed E-state index contributed by atoms with van der Waals surface area (Å²) in [6, 6.07) is 2.07. The van der Waals surface area contributed by atoms with Gasteiger partial charge in [-0.2, -0.15) is 13.2 Å². The van der Waals surface area contributed by atoms with Gasteiger partial charge in [-0.3, -0.25) is 14.9 Å². The third-order valence-corrected chi connectivity index (χ3v) is 4.58. The molecule has 0 saturated heterocycles. The van der Waals surface area contributed by atoms with E-state index < -0.39 is 39.1 Å². The van der Waals surface area contributed by atoms with Crippen molar-refractivity contribution < 1.29 is 22.9 Å². The fraction of sp³-hybridized carbons (Fsp3) is 0.357. The highest BCUT2D eigenvalue weighted by Crippen LogP contribution is 2.37. The van der Waals surface area contributed by atoms with Crippen molar-refractivity contribution in [2.45, 2.75) is 20.0 Å². The van der Waals surface area contributed by atoms with Crippen molar-refractivity contribution in [3.8, 4) is 0 Å². The number of thiazole rings is 1. The lowest BCUT2D eigenvalue weighted by Gasteiger charge is -2.16. The molecule has 1 amide bonds. The van der Waals surface area contributed by atoms with E-state index in [4.69, 9.17) is 5.73 Å². The fourth-order valence-corrected chi connectivity index (χ4v) is 3.26. The minimum Gasteiger partial charge on any atom is -0.378 e. The monoisotopic (exact) mass is 404 g/mol. The van der Waals surface area contributed by atoms with Gasteiger partial charge in [-0.1, -0.05) is 11.3 Å². The fourth-order valence-electron chi connectivity index (χ4n) is 2.15. The van der Waals surface area contributed by atoms with Gasteiger partial charge in [-0.25, -0.2) is 9.97 Å². The van der Waals surface area contributed by atoms with E-state index in [9.17, 15) is 28.1 Å². The van der Waals surface area contributed by atoms with E-state index in [0.29, 0.717) is 24.4 Å². The highest BCUT2D eigenvalue weighted by molar-refractivity contribution is 7.17. The number of aromatic nitrogens is 2. The molecule has 0 bridgehead atoms. The van der Waals surface area contributed by atoms with Crippen molar-refractivity contribution in [1.29, 1.82) is 0 Å². The Morgan fingerprint density at radius 2 is 1.96 bits per heavy atom. The molecule has 0 aliphatic carbocycles. The number of nitrogens with two attached hydrogens (primary N) is 1. The molecule has 27 heavy (non-hydrogen) atoms. The van der Waals surface area contributed by atoms with Gasteiger partial charge in [0.2, 0.25) is 5.82 Å². The van der Waals surface area contributed by atoms with Crippen LogP contribution in [0.1, 0.15) is 29.2 Å².